The van der Waals surface area contributed by atoms with Gasteiger partial charge in [0.25, 0.3) is 11.6 Å². The van der Waals surface area contributed by atoms with E-state index in [1.54, 1.807) is 19.1 Å². The van der Waals surface area contributed by atoms with Crippen LogP contribution in [0.15, 0.2) is 36.4 Å². The largest absolute Gasteiger partial charge is 0.493 e. The maximum Gasteiger partial charge on any atom is 0.273 e. The highest BCUT2D eigenvalue weighted by atomic mass is 19.1. The van der Waals surface area contributed by atoms with Crippen molar-refractivity contribution in [2.24, 2.45) is 0 Å². The van der Waals surface area contributed by atoms with Crippen LogP contribution >= 0.6 is 0 Å². The first-order chi connectivity index (χ1) is 11.8. The maximum absolute atomic E-state index is 13.5. The number of carbonyl (C=O) groups is 1. The van der Waals surface area contributed by atoms with Crippen LogP contribution in [-0.4, -0.2) is 24.0 Å². The Morgan fingerprint density at radius 3 is 2.56 bits per heavy atom. The molecule has 0 aliphatic rings. The minimum absolute atomic E-state index is 0.0643. The standard InChI is InChI=1S/C17H17FN2O5/c1-10-4-5-12(8-14(10)18)19-17(21)11(2)25-16-9-13(20(22)23)6-7-15(16)24-3/h4-9,11H,1-3H3,(H,19,21)/t11-/m0/s1. The highest BCUT2D eigenvalue weighted by Gasteiger charge is 2.20. The lowest BCUT2D eigenvalue weighted by Gasteiger charge is -2.16. The summed E-state index contributed by atoms with van der Waals surface area (Å²) in [5.41, 5.74) is 0.558. The Morgan fingerprint density at radius 2 is 1.96 bits per heavy atom. The summed E-state index contributed by atoms with van der Waals surface area (Å²) >= 11 is 0. The number of hydrogen-bond acceptors (Lipinski definition) is 5. The molecular formula is C17H17FN2O5. The second-order valence-corrected chi connectivity index (χ2v) is 5.31. The maximum atomic E-state index is 13.5. The van der Waals surface area contributed by atoms with E-state index in [4.69, 9.17) is 9.47 Å². The fraction of sp³-hybridized carbons (Fsp3) is 0.235. The molecule has 132 valence electrons. The Morgan fingerprint density at radius 1 is 1.24 bits per heavy atom. The summed E-state index contributed by atoms with van der Waals surface area (Å²) in [6.07, 6.45) is -0.986. The van der Waals surface area contributed by atoms with E-state index in [0.717, 1.165) is 0 Å². The zero-order valence-electron chi connectivity index (χ0n) is 13.9. The number of aryl methyl sites for hydroxylation is 1. The van der Waals surface area contributed by atoms with Crippen molar-refractivity contribution in [1.29, 1.82) is 0 Å². The number of nitrogens with zero attached hydrogens (tertiary/aromatic N) is 1. The minimum Gasteiger partial charge on any atom is -0.493 e. The first-order valence-corrected chi connectivity index (χ1v) is 7.38. The summed E-state index contributed by atoms with van der Waals surface area (Å²) in [5, 5.41) is 13.4. The van der Waals surface area contributed by atoms with E-state index >= 15 is 0 Å². The molecule has 25 heavy (non-hydrogen) atoms. The number of nitro groups is 1. The van der Waals surface area contributed by atoms with Gasteiger partial charge in [-0.05, 0) is 37.6 Å². The number of halogens is 1. The molecule has 2 aromatic rings. The van der Waals surface area contributed by atoms with Gasteiger partial charge in [0.2, 0.25) is 0 Å². The number of nitro benzene ring substituents is 1. The fourth-order valence-electron chi connectivity index (χ4n) is 2.03. The van der Waals surface area contributed by atoms with Gasteiger partial charge in [-0.3, -0.25) is 14.9 Å². The van der Waals surface area contributed by atoms with Gasteiger partial charge in [0.05, 0.1) is 18.1 Å². The molecule has 0 radical (unpaired) electrons. The van der Waals surface area contributed by atoms with Gasteiger partial charge in [-0.1, -0.05) is 6.07 Å². The monoisotopic (exact) mass is 348 g/mol. The van der Waals surface area contributed by atoms with Crippen LogP contribution < -0.4 is 14.8 Å². The lowest BCUT2D eigenvalue weighted by Crippen LogP contribution is -2.30. The van der Waals surface area contributed by atoms with Gasteiger partial charge in [0.15, 0.2) is 17.6 Å². The van der Waals surface area contributed by atoms with E-state index in [-0.39, 0.29) is 22.9 Å². The number of non-ortho nitro benzene ring substituents is 1. The third-order valence-corrected chi connectivity index (χ3v) is 3.47. The van der Waals surface area contributed by atoms with Crippen LogP contribution in [-0.2, 0) is 4.79 Å². The summed E-state index contributed by atoms with van der Waals surface area (Å²) in [5.74, 6) is -0.649. The Balaban J connectivity index is 2.13. The van der Waals surface area contributed by atoms with Crippen LogP contribution in [0, 0.1) is 22.9 Å². The van der Waals surface area contributed by atoms with E-state index in [1.807, 2.05) is 0 Å². The van der Waals surface area contributed by atoms with Gasteiger partial charge in [-0.25, -0.2) is 4.39 Å². The van der Waals surface area contributed by atoms with Crippen LogP contribution in [0.25, 0.3) is 0 Å². The molecule has 2 aromatic carbocycles. The average molecular weight is 348 g/mol. The van der Waals surface area contributed by atoms with E-state index in [9.17, 15) is 19.3 Å². The Labute approximate surface area is 143 Å². The predicted octanol–water partition coefficient (Wildman–Crippen LogP) is 3.46. The Bertz CT molecular complexity index is 810. The number of benzene rings is 2. The first kappa shape index (κ1) is 18.2. The topological polar surface area (TPSA) is 90.7 Å². The summed E-state index contributed by atoms with van der Waals surface area (Å²) in [6.45, 7) is 3.08. The Kier molecular flexibility index (Phi) is 5.53. The summed E-state index contributed by atoms with van der Waals surface area (Å²) in [6, 6.07) is 8.14. The van der Waals surface area contributed by atoms with Crippen LogP contribution in [0.5, 0.6) is 11.5 Å². The van der Waals surface area contributed by atoms with Gasteiger partial charge in [-0.15, -0.1) is 0 Å². The molecule has 0 unspecified atom stereocenters. The molecule has 1 N–H and O–H groups in total. The van der Waals surface area contributed by atoms with Crippen molar-refractivity contribution >= 4 is 17.3 Å². The highest BCUT2D eigenvalue weighted by molar-refractivity contribution is 5.94. The van der Waals surface area contributed by atoms with Crippen molar-refractivity contribution in [1.82, 2.24) is 0 Å². The fourth-order valence-corrected chi connectivity index (χ4v) is 2.03. The number of methoxy groups -OCH3 is 1. The van der Waals surface area contributed by atoms with Crippen LogP contribution in [0.4, 0.5) is 15.8 Å². The number of ether oxygens (including phenoxy) is 2. The smallest absolute Gasteiger partial charge is 0.273 e. The molecule has 0 saturated carbocycles. The van der Waals surface area contributed by atoms with Gasteiger partial charge < -0.3 is 14.8 Å². The van der Waals surface area contributed by atoms with Crippen LogP contribution in [0.3, 0.4) is 0 Å². The second-order valence-electron chi connectivity index (χ2n) is 5.31. The minimum atomic E-state index is -0.986. The predicted molar refractivity (Wildman–Crippen MR) is 89.5 cm³/mol. The number of anilines is 1. The molecule has 0 spiro atoms. The van der Waals surface area contributed by atoms with Gasteiger partial charge in [-0.2, -0.15) is 0 Å². The van der Waals surface area contributed by atoms with E-state index < -0.39 is 22.8 Å². The van der Waals surface area contributed by atoms with Crippen molar-refractivity contribution in [3.8, 4) is 11.5 Å². The number of carbonyl (C=O) groups excluding carboxylic acids is 1. The van der Waals surface area contributed by atoms with E-state index in [1.165, 1.54) is 38.3 Å². The molecule has 0 aliphatic carbocycles. The number of nitrogens with one attached hydrogen (secondary N) is 1. The number of rotatable bonds is 6. The molecule has 0 aromatic heterocycles. The molecule has 7 nitrogen and oxygen atoms in total. The van der Waals surface area contributed by atoms with Crippen molar-refractivity contribution < 1.29 is 23.6 Å². The van der Waals surface area contributed by atoms with Crippen molar-refractivity contribution in [3.63, 3.8) is 0 Å². The van der Waals surface area contributed by atoms with Gasteiger partial charge in [0.1, 0.15) is 5.82 Å². The molecule has 8 heteroatoms. The highest BCUT2D eigenvalue weighted by Crippen LogP contribution is 2.32. The molecule has 0 aliphatic heterocycles. The lowest BCUT2D eigenvalue weighted by molar-refractivity contribution is -0.385. The lowest BCUT2D eigenvalue weighted by atomic mass is 10.2. The second kappa shape index (κ2) is 7.61. The summed E-state index contributed by atoms with van der Waals surface area (Å²) in [7, 11) is 1.38. The summed E-state index contributed by atoms with van der Waals surface area (Å²) in [4.78, 5) is 22.5. The first-order valence-electron chi connectivity index (χ1n) is 7.38. The van der Waals surface area contributed by atoms with Crippen molar-refractivity contribution in [3.05, 3.63) is 57.9 Å². The van der Waals surface area contributed by atoms with Crippen LogP contribution in [0.1, 0.15) is 12.5 Å². The van der Waals surface area contributed by atoms with Crippen molar-refractivity contribution in [2.45, 2.75) is 20.0 Å². The van der Waals surface area contributed by atoms with Gasteiger partial charge in [0, 0.05) is 11.8 Å². The molecule has 0 fully saturated rings. The van der Waals surface area contributed by atoms with Crippen LogP contribution in [0.2, 0.25) is 0 Å². The molecule has 0 heterocycles. The quantitative estimate of drug-likeness (QED) is 0.638. The molecule has 2 rings (SSSR count). The SMILES string of the molecule is COc1ccc([N+](=O)[O-])cc1O[C@@H](C)C(=O)Nc1ccc(C)c(F)c1. The molecular weight excluding hydrogens is 331 g/mol. The molecule has 1 amide bonds. The van der Waals surface area contributed by atoms with Crippen molar-refractivity contribution in [2.75, 3.05) is 12.4 Å². The molecule has 0 bridgehead atoms. The zero-order chi connectivity index (χ0) is 18.6. The van der Waals surface area contributed by atoms with Gasteiger partial charge >= 0.3 is 0 Å². The third-order valence-electron chi connectivity index (χ3n) is 3.47. The van der Waals surface area contributed by atoms with E-state index in [2.05, 4.69) is 5.32 Å². The molecule has 1 atom stereocenters. The average Bonchev–Trinajstić information content (AvgIpc) is 2.57. The number of hydrogen-bond donors (Lipinski definition) is 1. The normalized spacial score (nSPS) is 11.5. The zero-order valence-corrected chi connectivity index (χ0v) is 13.9. The van der Waals surface area contributed by atoms with E-state index in [0.29, 0.717) is 5.56 Å². The summed E-state index contributed by atoms with van der Waals surface area (Å²) < 4.78 is 24.1. The number of amides is 1. The Hall–Kier alpha value is -3.16. The molecule has 0 saturated heterocycles. The third kappa shape index (κ3) is 4.43.